The van der Waals surface area contributed by atoms with Crippen LogP contribution in [0, 0.1) is 5.92 Å². The Bertz CT molecular complexity index is 560. The first-order valence-corrected chi connectivity index (χ1v) is 9.08. The predicted molar refractivity (Wildman–Crippen MR) is 98.2 cm³/mol. The van der Waals surface area contributed by atoms with Gasteiger partial charge in [0, 0.05) is 34.8 Å². The third kappa shape index (κ3) is 5.88. The molecule has 1 atom stereocenters. The number of likely N-dealkylation sites (tertiary alicyclic amines) is 1. The van der Waals surface area contributed by atoms with Crippen LogP contribution in [0.15, 0.2) is 22.7 Å². The summed E-state index contributed by atoms with van der Waals surface area (Å²) in [5, 5.41) is 4.14. The van der Waals surface area contributed by atoms with Crippen LogP contribution in [0.2, 0.25) is 5.02 Å². The highest BCUT2D eigenvalue weighted by molar-refractivity contribution is 9.10. The first-order chi connectivity index (χ1) is 10.7. The molecule has 0 saturated carbocycles. The number of hydrogen-bond donors (Lipinski definition) is 1. The molecule has 0 radical (unpaired) electrons. The van der Waals surface area contributed by atoms with Crippen molar-refractivity contribution in [2.24, 2.45) is 5.92 Å². The van der Waals surface area contributed by atoms with E-state index in [1.807, 2.05) is 43.9 Å². The van der Waals surface area contributed by atoms with Crippen molar-refractivity contribution >= 4 is 39.3 Å². The summed E-state index contributed by atoms with van der Waals surface area (Å²) in [4.78, 5) is 14.0. The van der Waals surface area contributed by atoms with Gasteiger partial charge in [-0.3, -0.25) is 0 Å². The molecule has 0 bridgehead atoms. The van der Waals surface area contributed by atoms with Crippen molar-refractivity contribution in [2.75, 3.05) is 25.0 Å². The molecule has 0 aromatic heterocycles. The first-order valence-electron chi connectivity index (χ1n) is 7.91. The summed E-state index contributed by atoms with van der Waals surface area (Å²) in [6.07, 6.45) is 1.90. The molecule has 1 heterocycles. The molecule has 1 aromatic rings. The second-order valence-electron chi connectivity index (χ2n) is 6.94. The van der Waals surface area contributed by atoms with Crippen LogP contribution in [0.3, 0.4) is 0 Å². The van der Waals surface area contributed by atoms with Gasteiger partial charge < -0.3 is 15.0 Å². The molecule has 128 valence electrons. The Morgan fingerprint density at radius 1 is 1.48 bits per heavy atom. The van der Waals surface area contributed by atoms with Gasteiger partial charge in [-0.1, -0.05) is 11.6 Å². The Morgan fingerprint density at radius 3 is 2.87 bits per heavy atom. The van der Waals surface area contributed by atoms with Crippen molar-refractivity contribution < 1.29 is 9.53 Å². The van der Waals surface area contributed by atoms with Crippen molar-refractivity contribution in [3.05, 3.63) is 27.7 Å². The zero-order valence-electron chi connectivity index (χ0n) is 13.9. The van der Waals surface area contributed by atoms with E-state index in [0.717, 1.165) is 42.6 Å². The van der Waals surface area contributed by atoms with Gasteiger partial charge in [-0.05, 0) is 73.7 Å². The van der Waals surface area contributed by atoms with Crippen LogP contribution >= 0.6 is 27.5 Å². The number of nitrogens with one attached hydrogen (secondary N) is 1. The van der Waals surface area contributed by atoms with Gasteiger partial charge in [-0.25, -0.2) is 4.79 Å². The van der Waals surface area contributed by atoms with Crippen molar-refractivity contribution in [3.8, 4) is 0 Å². The van der Waals surface area contributed by atoms with E-state index in [1.165, 1.54) is 0 Å². The fraction of sp³-hybridized carbons (Fsp3) is 0.588. The lowest BCUT2D eigenvalue weighted by atomic mass is 9.98. The van der Waals surface area contributed by atoms with Crippen molar-refractivity contribution in [2.45, 2.75) is 39.2 Å². The number of halogens is 2. The maximum absolute atomic E-state index is 12.2. The smallest absolute Gasteiger partial charge is 0.410 e. The van der Waals surface area contributed by atoms with Crippen LogP contribution < -0.4 is 5.32 Å². The number of piperidine rings is 1. The Hall–Kier alpha value is -0.940. The summed E-state index contributed by atoms with van der Waals surface area (Å²) in [5.74, 6) is 0.416. The van der Waals surface area contributed by atoms with Crippen molar-refractivity contribution in [3.63, 3.8) is 0 Å². The van der Waals surface area contributed by atoms with Gasteiger partial charge in [0.2, 0.25) is 0 Å². The summed E-state index contributed by atoms with van der Waals surface area (Å²) >= 11 is 9.47. The van der Waals surface area contributed by atoms with Crippen LogP contribution in [0.4, 0.5) is 10.5 Å². The van der Waals surface area contributed by atoms with Crippen molar-refractivity contribution in [1.82, 2.24) is 4.90 Å². The zero-order valence-corrected chi connectivity index (χ0v) is 16.2. The molecule has 1 aliphatic heterocycles. The fourth-order valence-electron chi connectivity index (χ4n) is 2.61. The second kappa shape index (κ2) is 7.75. The summed E-state index contributed by atoms with van der Waals surface area (Å²) in [7, 11) is 0. The van der Waals surface area contributed by atoms with Gasteiger partial charge in [0.1, 0.15) is 5.60 Å². The van der Waals surface area contributed by atoms with Gasteiger partial charge in [0.15, 0.2) is 0 Å². The monoisotopic (exact) mass is 402 g/mol. The number of carbonyl (C=O) groups excluding carboxylic acids is 1. The lowest BCUT2D eigenvalue weighted by molar-refractivity contribution is 0.0172. The van der Waals surface area contributed by atoms with Gasteiger partial charge in [0.05, 0.1) is 0 Å². The summed E-state index contributed by atoms with van der Waals surface area (Å²) < 4.78 is 6.41. The molecule has 1 saturated heterocycles. The summed E-state index contributed by atoms with van der Waals surface area (Å²) in [5.41, 5.74) is 0.569. The molecule has 1 aliphatic rings. The van der Waals surface area contributed by atoms with E-state index >= 15 is 0 Å². The molecule has 0 spiro atoms. The molecule has 2 rings (SSSR count). The average Bonchev–Trinajstić information content (AvgIpc) is 2.45. The quantitative estimate of drug-likeness (QED) is 0.757. The first kappa shape index (κ1) is 18.4. The Morgan fingerprint density at radius 2 is 2.22 bits per heavy atom. The number of rotatable bonds is 3. The average molecular weight is 404 g/mol. The number of carbonyl (C=O) groups is 1. The van der Waals surface area contributed by atoms with Gasteiger partial charge in [-0.2, -0.15) is 0 Å². The molecule has 1 amide bonds. The Balaban J connectivity index is 1.87. The lowest BCUT2D eigenvalue weighted by Gasteiger charge is -2.34. The van der Waals surface area contributed by atoms with Gasteiger partial charge in [-0.15, -0.1) is 0 Å². The minimum absolute atomic E-state index is 0.213. The van der Waals surface area contributed by atoms with Gasteiger partial charge >= 0.3 is 6.09 Å². The largest absolute Gasteiger partial charge is 0.444 e. The highest BCUT2D eigenvalue weighted by Gasteiger charge is 2.27. The molecular formula is C17H24BrClN2O2. The van der Waals surface area contributed by atoms with E-state index in [2.05, 4.69) is 21.2 Å². The lowest BCUT2D eigenvalue weighted by Crippen LogP contribution is -2.44. The van der Waals surface area contributed by atoms with Crippen LogP contribution in [0.25, 0.3) is 0 Å². The van der Waals surface area contributed by atoms with Gasteiger partial charge in [0.25, 0.3) is 0 Å². The van der Waals surface area contributed by atoms with E-state index in [9.17, 15) is 4.79 Å². The summed E-state index contributed by atoms with van der Waals surface area (Å²) in [6, 6.07) is 5.70. The normalized spacial score (nSPS) is 18.7. The Kier molecular flexibility index (Phi) is 6.20. The highest BCUT2D eigenvalue weighted by atomic mass is 79.9. The van der Waals surface area contributed by atoms with E-state index in [0.29, 0.717) is 10.9 Å². The number of amides is 1. The van der Waals surface area contributed by atoms with E-state index < -0.39 is 5.60 Å². The molecule has 6 heteroatoms. The molecule has 23 heavy (non-hydrogen) atoms. The summed E-state index contributed by atoms with van der Waals surface area (Å²) in [6.45, 7) is 8.01. The number of benzene rings is 1. The molecule has 0 aliphatic carbocycles. The third-order valence-corrected chi connectivity index (χ3v) is 4.57. The topological polar surface area (TPSA) is 41.6 Å². The molecule has 1 fully saturated rings. The van der Waals surface area contributed by atoms with E-state index in [4.69, 9.17) is 16.3 Å². The second-order valence-corrected chi connectivity index (χ2v) is 8.23. The highest BCUT2D eigenvalue weighted by Crippen LogP contribution is 2.27. The van der Waals surface area contributed by atoms with Crippen LogP contribution in [0.1, 0.15) is 33.6 Å². The number of anilines is 1. The SMILES string of the molecule is CC(C)(C)OC(=O)N1CCCC(CNc2ccc(Cl)cc2Br)C1. The molecule has 1 N–H and O–H groups in total. The zero-order chi connectivity index (χ0) is 17.0. The molecule has 4 nitrogen and oxygen atoms in total. The van der Waals surface area contributed by atoms with Crippen LogP contribution in [-0.2, 0) is 4.74 Å². The van der Waals surface area contributed by atoms with Crippen LogP contribution in [-0.4, -0.2) is 36.2 Å². The minimum atomic E-state index is -0.448. The molecular weight excluding hydrogens is 380 g/mol. The number of ether oxygens (including phenoxy) is 1. The third-order valence-electron chi connectivity index (χ3n) is 3.68. The maximum atomic E-state index is 12.2. The maximum Gasteiger partial charge on any atom is 0.410 e. The Labute approximate surface area is 151 Å². The van der Waals surface area contributed by atoms with E-state index in [1.54, 1.807) is 0 Å². The van der Waals surface area contributed by atoms with Crippen LogP contribution in [0.5, 0.6) is 0 Å². The van der Waals surface area contributed by atoms with Crippen molar-refractivity contribution in [1.29, 1.82) is 0 Å². The standard InChI is InChI=1S/C17H24BrClN2O2/c1-17(2,3)23-16(22)21-8-4-5-12(11-21)10-20-15-7-6-13(19)9-14(15)18/h6-7,9,12,20H,4-5,8,10-11H2,1-3H3. The minimum Gasteiger partial charge on any atom is -0.444 e. The molecule has 1 aromatic carbocycles. The van der Waals surface area contributed by atoms with E-state index in [-0.39, 0.29) is 6.09 Å². The molecule has 1 unspecified atom stereocenters. The number of hydrogen-bond acceptors (Lipinski definition) is 3. The fourth-order valence-corrected chi connectivity index (χ4v) is 3.43. The number of nitrogens with zero attached hydrogens (tertiary/aromatic N) is 1. The predicted octanol–water partition coefficient (Wildman–Crippen LogP) is 5.16.